The minimum absolute atomic E-state index is 0.562. The lowest BCUT2D eigenvalue weighted by Gasteiger charge is -2.27. The van der Waals surface area contributed by atoms with Crippen molar-refractivity contribution in [3.63, 3.8) is 0 Å². The van der Waals surface area contributed by atoms with E-state index >= 15 is 0 Å². The van der Waals surface area contributed by atoms with Gasteiger partial charge in [-0.1, -0.05) is 6.07 Å². The van der Waals surface area contributed by atoms with Crippen LogP contribution < -0.4 is 10.5 Å². The number of thioether (sulfide) groups is 1. The zero-order valence-corrected chi connectivity index (χ0v) is 11.3. The van der Waals surface area contributed by atoms with Crippen molar-refractivity contribution in [1.82, 2.24) is 9.88 Å². The smallest absolute Gasteiger partial charge is 0.212 e. The first-order chi connectivity index (χ1) is 8.79. The van der Waals surface area contributed by atoms with Gasteiger partial charge in [-0.15, -0.1) is 0 Å². The number of methoxy groups -OCH3 is 1. The van der Waals surface area contributed by atoms with Crippen molar-refractivity contribution in [2.75, 3.05) is 31.7 Å². The molecule has 1 aromatic heterocycles. The van der Waals surface area contributed by atoms with Crippen LogP contribution >= 0.6 is 11.8 Å². The number of nitrogens with two attached hydrogens (primary N) is 1. The molecule has 0 unspecified atom stereocenters. The van der Waals surface area contributed by atoms with Crippen molar-refractivity contribution < 1.29 is 4.74 Å². The average molecular weight is 266 g/mol. The third-order valence-electron chi connectivity index (χ3n) is 2.77. The second-order valence-electron chi connectivity index (χ2n) is 3.98. The zero-order chi connectivity index (χ0) is 12.8. The Morgan fingerprint density at radius 2 is 2.28 bits per heavy atom. The number of hydrogen-bond donors (Lipinski definition) is 1. The number of guanidine groups is 1. The first kappa shape index (κ1) is 13.0. The van der Waals surface area contributed by atoms with Gasteiger partial charge in [0.25, 0.3) is 0 Å². The van der Waals surface area contributed by atoms with Gasteiger partial charge in [0.05, 0.1) is 13.7 Å². The van der Waals surface area contributed by atoms with Crippen LogP contribution in [0.25, 0.3) is 0 Å². The van der Waals surface area contributed by atoms with E-state index in [1.165, 1.54) is 0 Å². The summed E-state index contributed by atoms with van der Waals surface area (Å²) < 4.78 is 5.01. The lowest BCUT2D eigenvalue weighted by molar-refractivity contribution is 0.397. The monoisotopic (exact) mass is 266 g/mol. The van der Waals surface area contributed by atoms with Crippen LogP contribution in [0.4, 0.5) is 0 Å². The summed E-state index contributed by atoms with van der Waals surface area (Å²) in [5.41, 5.74) is 7.01. The van der Waals surface area contributed by atoms with Gasteiger partial charge in [-0.25, -0.2) is 9.98 Å². The van der Waals surface area contributed by atoms with Gasteiger partial charge in [-0.05, 0) is 5.56 Å². The number of aliphatic imine (C=N–C) groups is 1. The summed E-state index contributed by atoms with van der Waals surface area (Å²) in [5, 5.41) is 0. The number of ether oxygens (including phenoxy) is 1. The average Bonchev–Trinajstić information content (AvgIpc) is 2.46. The van der Waals surface area contributed by atoms with E-state index in [-0.39, 0.29) is 0 Å². The van der Waals surface area contributed by atoms with Gasteiger partial charge in [-0.3, -0.25) is 0 Å². The highest BCUT2D eigenvalue weighted by molar-refractivity contribution is 7.99. The lowest BCUT2D eigenvalue weighted by atomic mass is 10.3. The van der Waals surface area contributed by atoms with Gasteiger partial charge in [0.15, 0.2) is 5.96 Å². The van der Waals surface area contributed by atoms with Crippen molar-refractivity contribution in [1.29, 1.82) is 0 Å². The molecule has 5 nitrogen and oxygen atoms in total. The topological polar surface area (TPSA) is 63.7 Å². The molecular formula is C12H18N4OS. The van der Waals surface area contributed by atoms with Gasteiger partial charge in [-0.2, -0.15) is 11.8 Å². The molecule has 18 heavy (non-hydrogen) atoms. The van der Waals surface area contributed by atoms with Crippen molar-refractivity contribution in [2.24, 2.45) is 10.7 Å². The third kappa shape index (κ3) is 3.53. The van der Waals surface area contributed by atoms with Crippen LogP contribution in [0.15, 0.2) is 23.3 Å². The summed E-state index contributed by atoms with van der Waals surface area (Å²) in [6, 6.07) is 3.78. The van der Waals surface area contributed by atoms with Crippen molar-refractivity contribution >= 4 is 17.7 Å². The van der Waals surface area contributed by atoms with E-state index in [0.29, 0.717) is 18.4 Å². The number of rotatable bonds is 3. The van der Waals surface area contributed by atoms with E-state index in [1.807, 2.05) is 23.9 Å². The van der Waals surface area contributed by atoms with Crippen molar-refractivity contribution in [2.45, 2.75) is 6.54 Å². The molecule has 98 valence electrons. The molecule has 2 N–H and O–H groups in total. The molecule has 1 aromatic rings. The Morgan fingerprint density at radius 1 is 1.50 bits per heavy atom. The third-order valence-corrected chi connectivity index (χ3v) is 3.71. The SMILES string of the molecule is COc1ccc(CN=C(N)N2CCSCC2)cn1. The molecule has 0 aliphatic carbocycles. The largest absolute Gasteiger partial charge is 0.481 e. The number of hydrogen-bond acceptors (Lipinski definition) is 4. The highest BCUT2D eigenvalue weighted by Gasteiger charge is 2.11. The standard InChI is InChI=1S/C12H18N4OS/c1-17-11-3-2-10(8-14-11)9-15-12(13)16-4-6-18-7-5-16/h2-3,8H,4-7,9H2,1H3,(H2,13,15). The fourth-order valence-corrected chi connectivity index (χ4v) is 2.59. The molecule has 2 rings (SSSR count). The van der Waals surface area contributed by atoms with Crippen LogP contribution in [-0.4, -0.2) is 47.5 Å². The second-order valence-corrected chi connectivity index (χ2v) is 5.21. The van der Waals surface area contributed by atoms with Gasteiger partial charge in [0.2, 0.25) is 5.88 Å². The number of nitrogens with zero attached hydrogens (tertiary/aromatic N) is 3. The van der Waals surface area contributed by atoms with Crippen LogP contribution in [0.2, 0.25) is 0 Å². The fraction of sp³-hybridized carbons (Fsp3) is 0.500. The Hall–Kier alpha value is -1.43. The van der Waals surface area contributed by atoms with Crippen LogP contribution in [0.5, 0.6) is 5.88 Å². The summed E-state index contributed by atoms with van der Waals surface area (Å²) in [6.07, 6.45) is 1.77. The highest BCUT2D eigenvalue weighted by atomic mass is 32.2. The normalized spacial score (nSPS) is 16.7. The number of pyridine rings is 1. The Kier molecular flexibility index (Phi) is 4.69. The van der Waals surface area contributed by atoms with Crippen LogP contribution in [0, 0.1) is 0 Å². The molecule has 2 heterocycles. The summed E-state index contributed by atoms with van der Waals surface area (Å²) in [6.45, 7) is 2.54. The van der Waals surface area contributed by atoms with E-state index in [2.05, 4.69) is 14.9 Å². The number of aromatic nitrogens is 1. The molecule has 1 fully saturated rings. The molecule has 0 bridgehead atoms. The first-order valence-corrected chi connectivity index (χ1v) is 7.06. The van der Waals surface area contributed by atoms with E-state index in [0.717, 1.165) is 30.2 Å². The molecule has 0 amide bonds. The molecular weight excluding hydrogens is 248 g/mol. The van der Waals surface area contributed by atoms with E-state index in [1.54, 1.807) is 13.3 Å². The molecule has 6 heteroatoms. The maximum absolute atomic E-state index is 5.97. The van der Waals surface area contributed by atoms with E-state index < -0.39 is 0 Å². The molecule has 0 radical (unpaired) electrons. The Morgan fingerprint density at radius 3 is 2.89 bits per heavy atom. The molecule has 1 saturated heterocycles. The van der Waals surface area contributed by atoms with Gasteiger partial charge < -0.3 is 15.4 Å². The van der Waals surface area contributed by atoms with E-state index in [9.17, 15) is 0 Å². The van der Waals surface area contributed by atoms with Crippen LogP contribution in [0.1, 0.15) is 5.56 Å². The second kappa shape index (κ2) is 6.49. The van der Waals surface area contributed by atoms with Gasteiger partial charge in [0, 0.05) is 36.9 Å². The minimum atomic E-state index is 0.562. The maximum atomic E-state index is 5.97. The predicted molar refractivity (Wildman–Crippen MR) is 75.0 cm³/mol. The molecule has 0 atom stereocenters. The van der Waals surface area contributed by atoms with Gasteiger partial charge in [0.1, 0.15) is 0 Å². The zero-order valence-electron chi connectivity index (χ0n) is 10.5. The molecule has 0 aromatic carbocycles. The van der Waals surface area contributed by atoms with Gasteiger partial charge >= 0.3 is 0 Å². The predicted octanol–water partition coefficient (Wildman–Crippen LogP) is 0.954. The Labute approximate surface area is 111 Å². The minimum Gasteiger partial charge on any atom is -0.481 e. The highest BCUT2D eigenvalue weighted by Crippen LogP contribution is 2.10. The molecule has 0 spiro atoms. The summed E-state index contributed by atoms with van der Waals surface area (Å²) in [7, 11) is 1.60. The fourth-order valence-electron chi connectivity index (χ4n) is 1.69. The van der Waals surface area contributed by atoms with E-state index in [4.69, 9.17) is 10.5 Å². The first-order valence-electron chi connectivity index (χ1n) is 5.91. The van der Waals surface area contributed by atoms with Crippen LogP contribution in [0.3, 0.4) is 0 Å². The van der Waals surface area contributed by atoms with Crippen molar-refractivity contribution in [3.05, 3.63) is 23.9 Å². The molecule has 1 aliphatic heterocycles. The Bertz CT molecular complexity index is 401. The summed E-state index contributed by atoms with van der Waals surface area (Å²) >= 11 is 1.96. The lowest BCUT2D eigenvalue weighted by Crippen LogP contribution is -2.42. The molecule has 0 saturated carbocycles. The van der Waals surface area contributed by atoms with Crippen LogP contribution in [-0.2, 0) is 6.54 Å². The quantitative estimate of drug-likeness (QED) is 0.652. The molecule has 1 aliphatic rings. The summed E-state index contributed by atoms with van der Waals surface area (Å²) in [4.78, 5) is 10.7. The summed E-state index contributed by atoms with van der Waals surface area (Å²) in [5.74, 6) is 3.50. The van der Waals surface area contributed by atoms with Crippen molar-refractivity contribution in [3.8, 4) is 5.88 Å². The Balaban J connectivity index is 1.91. The maximum Gasteiger partial charge on any atom is 0.212 e.